The van der Waals surface area contributed by atoms with Gasteiger partial charge in [0.1, 0.15) is 0 Å². The first-order chi connectivity index (χ1) is 12.0. The van der Waals surface area contributed by atoms with Crippen molar-refractivity contribution in [3.05, 3.63) is 42.5 Å². The molecule has 134 valence electrons. The Bertz CT molecular complexity index is 639. The second-order valence-electron chi connectivity index (χ2n) is 5.99. The molecule has 1 aromatic rings. The van der Waals surface area contributed by atoms with Crippen molar-refractivity contribution in [1.29, 1.82) is 0 Å². The summed E-state index contributed by atoms with van der Waals surface area (Å²) in [6.45, 7) is 5.51. The molecule has 1 aromatic carbocycles. The van der Waals surface area contributed by atoms with Gasteiger partial charge < -0.3 is 15.4 Å². The third kappa shape index (κ3) is 5.17. The van der Waals surface area contributed by atoms with E-state index in [-0.39, 0.29) is 29.7 Å². The van der Waals surface area contributed by atoms with Crippen molar-refractivity contribution < 1.29 is 19.1 Å². The van der Waals surface area contributed by atoms with E-state index in [0.717, 1.165) is 25.7 Å². The van der Waals surface area contributed by atoms with Gasteiger partial charge in [-0.05, 0) is 50.1 Å². The lowest BCUT2D eigenvalue weighted by Crippen LogP contribution is -2.45. The van der Waals surface area contributed by atoms with Gasteiger partial charge in [-0.2, -0.15) is 0 Å². The fraction of sp³-hybridized carbons (Fsp3) is 0.421. The number of hydrogen-bond acceptors (Lipinski definition) is 4. The highest BCUT2D eigenvalue weighted by atomic mass is 16.5. The summed E-state index contributed by atoms with van der Waals surface area (Å²) in [5.74, 6) is -1.07. The Hall–Kier alpha value is -2.63. The summed E-state index contributed by atoms with van der Waals surface area (Å²) in [5.41, 5.74) is 1.06. The topological polar surface area (TPSA) is 84.5 Å². The molecule has 6 heteroatoms. The average Bonchev–Trinajstić information content (AvgIpc) is 2.62. The number of nitrogens with one attached hydrogen (secondary N) is 2. The lowest BCUT2D eigenvalue weighted by molar-refractivity contribution is -0.150. The van der Waals surface area contributed by atoms with Crippen LogP contribution in [0.15, 0.2) is 36.9 Å². The van der Waals surface area contributed by atoms with Crippen LogP contribution in [-0.4, -0.2) is 30.4 Å². The SMILES string of the molecule is C=CC(=O)Nc1ccc(C(=O)N[C@H]2CCCC[C@H]2C(=O)OCC)cc1. The molecule has 0 bridgehead atoms. The highest BCUT2D eigenvalue weighted by Gasteiger charge is 2.33. The van der Waals surface area contributed by atoms with E-state index < -0.39 is 0 Å². The van der Waals surface area contributed by atoms with Gasteiger partial charge in [0.05, 0.1) is 12.5 Å². The monoisotopic (exact) mass is 344 g/mol. The minimum absolute atomic E-state index is 0.208. The van der Waals surface area contributed by atoms with Crippen molar-refractivity contribution in [2.45, 2.75) is 38.6 Å². The molecule has 1 aliphatic rings. The number of anilines is 1. The van der Waals surface area contributed by atoms with E-state index in [0.29, 0.717) is 17.9 Å². The van der Waals surface area contributed by atoms with E-state index >= 15 is 0 Å². The molecule has 0 saturated heterocycles. The minimum Gasteiger partial charge on any atom is -0.466 e. The van der Waals surface area contributed by atoms with Crippen LogP contribution in [0.3, 0.4) is 0 Å². The van der Waals surface area contributed by atoms with E-state index in [1.54, 1.807) is 31.2 Å². The van der Waals surface area contributed by atoms with Crippen molar-refractivity contribution >= 4 is 23.5 Å². The summed E-state index contributed by atoms with van der Waals surface area (Å²) in [4.78, 5) is 35.8. The van der Waals surface area contributed by atoms with E-state index in [2.05, 4.69) is 17.2 Å². The molecule has 25 heavy (non-hydrogen) atoms. The van der Waals surface area contributed by atoms with Gasteiger partial charge in [0.2, 0.25) is 5.91 Å². The Labute approximate surface area is 147 Å². The van der Waals surface area contributed by atoms with Crippen molar-refractivity contribution in [1.82, 2.24) is 5.32 Å². The van der Waals surface area contributed by atoms with E-state index in [4.69, 9.17) is 4.74 Å². The summed E-state index contributed by atoms with van der Waals surface area (Å²) in [6.07, 6.45) is 4.62. The van der Waals surface area contributed by atoms with Crippen molar-refractivity contribution in [2.75, 3.05) is 11.9 Å². The summed E-state index contributed by atoms with van der Waals surface area (Å²) in [6, 6.07) is 6.37. The van der Waals surface area contributed by atoms with Crippen LogP contribution in [0.2, 0.25) is 0 Å². The fourth-order valence-corrected chi connectivity index (χ4v) is 2.98. The van der Waals surface area contributed by atoms with Crippen LogP contribution >= 0.6 is 0 Å². The smallest absolute Gasteiger partial charge is 0.311 e. The summed E-state index contributed by atoms with van der Waals surface area (Å²) in [5, 5.41) is 5.58. The standard InChI is InChI=1S/C19H24N2O4/c1-3-17(22)20-14-11-9-13(10-12-14)18(23)21-16-8-6-5-7-15(16)19(24)25-4-2/h3,9-12,15-16H,1,4-8H2,2H3,(H,20,22)(H,21,23)/t15-,16+/m1/s1. The highest BCUT2D eigenvalue weighted by molar-refractivity contribution is 5.99. The average molecular weight is 344 g/mol. The first-order valence-electron chi connectivity index (χ1n) is 8.56. The largest absolute Gasteiger partial charge is 0.466 e. The molecule has 0 spiro atoms. The van der Waals surface area contributed by atoms with E-state index in [1.165, 1.54) is 6.08 Å². The molecule has 6 nitrogen and oxygen atoms in total. The van der Waals surface area contributed by atoms with Gasteiger partial charge in [0, 0.05) is 17.3 Å². The molecule has 2 rings (SSSR count). The molecule has 2 amide bonds. The molecule has 1 fully saturated rings. The van der Waals surface area contributed by atoms with Crippen LogP contribution in [0.1, 0.15) is 43.0 Å². The molecule has 0 heterocycles. The maximum Gasteiger partial charge on any atom is 0.311 e. The zero-order valence-electron chi connectivity index (χ0n) is 14.4. The number of amides is 2. The van der Waals surface area contributed by atoms with Crippen LogP contribution in [0, 0.1) is 5.92 Å². The minimum atomic E-state index is -0.309. The molecule has 1 saturated carbocycles. The Kier molecular flexibility index (Phi) is 6.74. The predicted octanol–water partition coefficient (Wildman–Crippen LogP) is 2.66. The number of ether oxygens (including phenoxy) is 1. The Morgan fingerprint density at radius 3 is 2.52 bits per heavy atom. The predicted molar refractivity (Wildman–Crippen MR) is 95.1 cm³/mol. The molecule has 0 unspecified atom stereocenters. The van der Waals surface area contributed by atoms with Gasteiger partial charge in [-0.25, -0.2) is 0 Å². The van der Waals surface area contributed by atoms with E-state index in [9.17, 15) is 14.4 Å². The van der Waals surface area contributed by atoms with Crippen molar-refractivity contribution in [3.8, 4) is 0 Å². The third-order valence-electron chi connectivity index (χ3n) is 4.27. The Morgan fingerprint density at radius 2 is 1.88 bits per heavy atom. The number of hydrogen-bond donors (Lipinski definition) is 2. The summed E-state index contributed by atoms with van der Waals surface area (Å²) in [7, 11) is 0. The third-order valence-corrected chi connectivity index (χ3v) is 4.27. The van der Waals surface area contributed by atoms with Crippen LogP contribution in [0.25, 0.3) is 0 Å². The molecule has 0 radical (unpaired) electrons. The van der Waals surface area contributed by atoms with E-state index in [1.807, 2.05) is 0 Å². The van der Waals surface area contributed by atoms with Crippen LogP contribution in [-0.2, 0) is 14.3 Å². The lowest BCUT2D eigenvalue weighted by atomic mass is 9.84. The van der Waals surface area contributed by atoms with Gasteiger partial charge >= 0.3 is 5.97 Å². The molecule has 1 aliphatic carbocycles. The quantitative estimate of drug-likeness (QED) is 0.614. The molecule has 2 N–H and O–H groups in total. The summed E-state index contributed by atoms with van der Waals surface area (Å²) >= 11 is 0. The lowest BCUT2D eigenvalue weighted by Gasteiger charge is -2.30. The van der Waals surface area contributed by atoms with Crippen molar-refractivity contribution in [3.63, 3.8) is 0 Å². The van der Waals surface area contributed by atoms with Gasteiger partial charge in [-0.3, -0.25) is 14.4 Å². The maximum atomic E-state index is 12.5. The number of benzene rings is 1. The molecular formula is C19H24N2O4. The van der Waals surface area contributed by atoms with Crippen LogP contribution < -0.4 is 10.6 Å². The first kappa shape index (κ1) is 18.7. The normalized spacial score (nSPS) is 19.6. The molecular weight excluding hydrogens is 320 g/mol. The van der Waals surface area contributed by atoms with Gasteiger partial charge in [0.15, 0.2) is 0 Å². The maximum absolute atomic E-state index is 12.5. The number of rotatable bonds is 6. The number of carbonyl (C=O) groups excluding carboxylic acids is 3. The highest BCUT2D eigenvalue weighted by Crippen LogP contribution is 2.26. The van der Waals surface area contributed by atoms with Gasteiger partial charge in [0.25, 0.3) is 5.91 Å². The first-order valence-corrected chi connectivity index (χ1v) is 8.56. The second-order valence-corrected chi connectivity index (χ2v) is 5.99. The Morgan fingerprint density at radius 1 is 1.20 bits per heavy atom. The number of esters is 1. The fourth-order valence-electron chi connectivity index (χ4n) is 2.98. The molecule has 2 atom stereocenters. The van der Waals surface area contributed by atoms with Crippen LogP contribution in [0.4, 0.5) is 5.69 Å². The second kappa shape index (κ2) is 9.01. The van der Waals surface area contributed by atoms with Gasteiger partial charge in [-0.1, -0.05) is 19.4 Å². The zero-order valence-corrected chi connectivity index (χ0v) is 14.4. The molecule has 0 aromatic heterocycles. The Balaban J connectivity index is 2.00. The van der Waals surface area contributed by atoms with Crippen molar-refractivity contribution in [2.24, 2.45) is 5.92 Å². The molecule has 0 aliphatic heterocycles. The number of carbonyl (C=O) groups is 3. The summed E-state index contributed by atoms with van der Waals surface area (Å²) < 4.78 is 5.12. The zero-order chi connectivity index (χ0) is 18.2. The van der Waals surface area contributed by atoms with Gasteiger partial charge in [-0.15, -0.1) is 0 Å². The van der Waals surface area contributed by atoms with Crippen LogP contribution in [0.5, 0.6) is 0 Å².